The maximum absolute atomic E-state index is 11.9. The molecule has 2 rings (SSSR count). The van der Waals surface area contributed by atoms with Gasteiger partial charge in [-0.15, -0.1) is 24.0 Å². The van der Waals surface area contributed by atoms with Crippen LogP contribution in [0.5, 0.6) is 0 Å². The molecule has 0 atom stereocenters. The van der Waals surface area contributed by atoms with Gasteiger partial charge in [-0.25, -0.2) is 4.79 Å². The zero-order chi connectivity index (χ0) is 19.3. The summed E-state index contributed by atoms with van der Waals surface area (Å²) in [5.41, 5.74) is 0.466. The molecule has 1 amide bonds. The predicted octanol–water partition coefficient (Wildman–Crippen LogP) is 2.50. The van der Waals surface area contributed by atoms with Crippen LogP contribution in [-0.2, 0) is 11.3 Å². The minimum absolute atomic E-state index is 0. The summed E-state index contributed by atoms with van der Waals surface area (Å²) in [5.74, 6) is 0.609. The number of nitrogens with one attached hydrogen (secondary N) is 2. The number of halogens is 1. The van der Waals surface area contributed by atoms with E-state index in [0.29, 0.717) is 25.6 Å². The van der Waals surface area contributed by atoms with Crippen molar-refractivity contribution in [1.82, 2.24) is 15.5 Å². The Morgan fingerprint density at radius 3 is 2.41 bits per heavy atom. The van der Waals surface area contributed by atoms with E-state index in [9.17, 15) is 14.9 Å². The molecule has 0 aliphatic carbocycles. The molecule has 1 saturated heterocycles. The van der Waals surface area contributed by atoms with Crippen LogP contribution < -0.4 is 10.6 Å². The fourth-order valence-corrected chi connectivity index (χ4v) is 2.35. The number of nitro benzene ring substituents is 1. The Hall–Kier alpha value is -2.11. The topological polar surface area (TPSA) is 109 Å². The van der Waals surface area contributed by atoms with Gasteiger partial charge in [0, 0.05) is 38.8 Å². The molecule has 0 aromatic heterocycles. The number of nitrogens with zero attached hydrogens (tertiary/aromatic N) is 3. The summed E-state index contributed by atoms with van der Waals surface area (Å²) in [6, 6.07) is 6.44. The fourth-order valence-electron chi connectivity index (χ4n) is 2.35. The maximum atomic E-state index is 11.9. The molecule has 1 aliphatic heterocycles. The largest absolute Gasteiger partial charge is 0.444 e. The molecule has 1 aromatic carbocycles. The van der Waals surface area contributed by atoms with Crippen LogP contribution in [0.25, 0.3) is 0 Å². The number of ether oxygens (including phenoxy) is 1. The number of non-ortho nitro benzene ring substituents is 1. The van der Waals surface area contributed by atoms with E-state index in [1.165, 1.54) is 12.1 Å². The van der Waals surface area contributed by atoms with Crippen molar-refractivity contribution in [2.75, 3.05) is 20.1 Å². The summed E-state index contributed by atoms with van der Waals surface area (Å²) in [6.07, 6.45) is -0.315. The molecule has 150 valence electrons. The number of benzene rings is 1. The van der Waals surface area contributed by atoms with Crippen molar-refractivity contribution in [1.29, 1.82) is 0 Å². The normalized spacial score (nSPS) is 14.7. The van der Waals surface area contributed by atoms with Gasteiger partial charge in [0.05, 0.1) is 11.0 Å². The van der Waals surface area contributed by atoms with Crippen LogP contribution in [0, 0.1) is 10.1 Å². The number of aliphatic imine (C=N–C) groups is 1. The van der Waals surface area contributed by atoms with E-state index in [2.05, 4.69) is 15.6 Å². The first-order chi connectivity index (χ1) is 12.2. The van der Waals surface area contributed by atoms with Gasteiger partial charge in [-0.2, -0.15) is 0 Å². The quantitative estimate of drug-likeness (QED) is 0.220. The number of carbonyl (C=O) groups excluding carboxylic acids is 1. The van der Waals surface area contributed by atoms with E-state index < -0.39 is 10.5 Å². The summed E-state index contributed by atoms with van der Waals surface area (Å²) >= 11 is 0. The van der Waals surface area contributed by atoms with Gasteiger partial charge in [-0.05, 0) is 26.3 Å². The molecule has 0 spiro atoms. The monoisotopic (exact) mass is 491 g/mol. The lowest BCUT2D eigenvalue weighted by molar-refractivity contribution is -0.384. The van der Waals surface area contributed by atoms with Gasteiger partial charge in [-0.3, -0.25) is 15.1 Å². The Balaban J connectivity index is 0.00000364. The second kappa shape index (κ2) is 9.72. The second-order valence-electron chi connectivity index (χ2n) is 7.08. The molecule has 1 heterocycles. The lowest BCUT2D eigenvalue weighted by Crippen LogP contribution is -2.63. The van der Waals surface area contributed by atoms with Crippen molar-refractivity contribution >= 4 is 41.7 Å². The Morgan fingerprint density at radius 1 is 1.33 bits per heavy atom. The summed E-state index contributed by atoms with van der Waals surface area (Å²) in [7, 11) is 1.66. The van der Waals surface area contributed by atoms with E-state index in [-0.39, 0.29) is 41.8 Å². The Kier molecular flexibility index (Phi) is 8.25. The summed E-state index contributed by atoms with van der Waals surface area (Å²) in [5, 5.41) is 17.0. The van der Waals surface area contributed by atoms with Crippen molar-refractivity contribution in [2.24, 2.45) is 4.99 Å². The van der Waals surface area contributed by atoms with E-state index >= 15 is 0 Å². The van der Waals surface area contributed by atoms with Crippen molar-refractivity contribution in [3.8, 4) is 0 Å². The van der Waals surface area contributed by atoms with Crippen molar-refractivity contribution in [3.63, 3.8) is 0 Å². The molecule has 2 N–H and O–H groups in total. The molecule has 9 nitrogen and oxygen atoms in total. The first-order valence-corrected chi connectivity index (χ1v) is 8.36. The Labute approximate surface area is 175 Å². The molecular weight excluding hydrogens is 465 g/mol. The zero-order valence-corrected chi connectivity index (χ0v) is 18.2. The molecular formula is C17H26IN5O4. The first-order valence-electron chi connectivity index (χ1n) is 8.36. The van der Waals surface area contributed by atoms with Gasteiger partial charge in [0.25, 0.3) is 5.69 Å². The van der Waals surface area contributed by atoms with Crippen molar-refractivity contribution in [2.45, 2.75) is 39.0 Å². The van der Waals surface area contributed by atoms with Crippen LogP contribution >= 0.6 is 24.0 Å². The molecule has 10 heteroatoms. The van der Waals surface area contributed by atoms with Gasteiger partial charge < -0.3 is 20.3 Å². The van der Waals surface area contributed by atoms with Crippen LogP contribution in [0.15, 0.2) is 29.3 Å². The number of carbonyl (C=O) groups is 1. The lowest BCUT2D eigenvalue weighted by atomic mass is 10.1. The SMILES string of the molecule is CN=C(NCc1ccc([N+](=O)[O-])cc1)NC1CN(C(=O)OC(C)(C)C)C1.I. The molecule has 27 heavy (non-hydrogen) atoms. The van der Waals surface area contributed by atoms with Gasteiger partial charge >= 0.3 is 6.09 Å². The number of guanidine groups is 1. The third-order valence-electron chi connectivity index (χ3n) is 3.70. The number of likely N-dealkylation sites (tertiary alicyclic amines) is 1. The van der Waals surface area contributed by atoms with Crippen LogP contribution in [-0.4, -0.2) is 53.7 Å². The summed E-state index contributed by atoms with van der Waals surface area (Å²) in [4.78, 5) is 27.9. The van der Waals surface area contributed by atoms with E-state index in [1.807, 2.05) is 20.8 Å². The standard InChI is InChI=1S/C17H25N5O4.HI/c1-17(2,3)26-16(23)21-10-13(11-21)20-15(18-4)19-9-12-5-7-14(8-6-12)22(24)25;/h5-8,13H,9-11H2,1-4H3,(H2,18,19,20);1H. The average Bonchev–Trinajstić information content (AvgIpc) is 2.51. The highest BCUT2D eigenvalue weighted by atomic mass is 127. The number of hydrogen-bond donors (Lipinski definition) is 2. The summed E-state index contributed by atoms with van der Waals surface area (Å²) in [6.45, 7) is 7.10. The molecule has 0 bridgehead atoms. The summed E-state index contributed by atoms with van der Waals surface area (Å²) < 4.78 is 5.32. The van der Waals surface area contributed by atoms with Crippen LogP contribution in [0.2, 0.25) is 0 Å². The highest BCUT2D eigenvalue weighted by Gasteiger charge is 2.34. The molecule has 0 unspecified atom stereocenters. The Bertz CT molecular complexity index is 682. The van der Waals surface area contributed by atoms with Crippen LogP contribution in [0.4, 0.5) is 10.5 Å². The highest BCUT2D eigenvalue weighted by molar-refractivity contribution is 14.0. The fraction of sp³-hybridized carbons (Fsp3) is 0.529. The molecule has 1 aliphatic rings. The van der Waals surface area contributed by atoms with Gasteiger partial charge in [0.2, 0.25) is 0 Å². The maximum Gasteiger partial charge on any atom is 0.410 e. The van der Waals surface area contributed by atoms with Crippen molar-refractivity contribution < 1.29 is 14.5 Å². The highest BCUT2D eigenvalue weighted by Crippen LogP contribution is 2.15. The predicted molar refractivity (Wildman–Crippen MR) is 113 cm³/mol. The second-order valence-corrected chi connectivity index (χ2v) is 7.08. The zero-order valence-electron chi connectivity index (χ0n) is 15.9. The minimum atomic E-state index is -0.502. The van der Waals surface area contributed by atoms with E-state index in [1.54, 1.807) is 24.1 Å². The number of rotatable bonds is 4. The molecule has 0 saturated carbocycles. The molecule has 1 aromatic rings. The number of nitro groups is 1. The molecule has 0 radical (unpaired) electrons. The van der Waals surface area contributed by atoms with Gasteiger partial charge in [0.15, 0.2) is 5.96 Å². The third-order valence-corrected chi connectivity index (χ3v) is 3.70. The third kappa shape index (κ3) is 7.19. The lowest BCUT2D eigenvalue weighted by Gasteiger charge is -2.40. The van der Waals surface area contributed by atoms with Gasteiger partial charge in [-0.1, -0.05) is 12.1 Å². The van der Waals surface area contributed by atoms with E-state index in [4.69, 9.17) is 4.74 Å². The van der Waals surface area contributed by atoms with Crippen molar-refractivity contribution in [3.05, 3.63) is 39.9 Å². The van der Waals surface area contributed by atoms with E-state index in [0.717, 1.165) is 5.56 Å². The number of hydrogen-bond acceptors (Lipinski definition) is 5. The average molecular weight is 491 g/mol. The molecule has 1 fully saturated rings. The van der Waals surface area contributed by atoms with Crippen LogP contribution in [0.1, 0.15) is 26.3 Å². The van der Waals surface area contributed by atoms with Crippen LogP contribution in [0.3, 0.4) is 0 Å². The van der Waals surface area contributed by atoms with Gasteiger partial charge in [0.1, 0.15) is 5.60 Å². The first kappa shape index (κ1) is 22.9. The smallest absolute Gasteiger partial charge is 0.410 e. The number of amides is 1. The minimum Gasteiger partial charge on any atom is -0.444 e. The Morgan fingerprint density at radius 2 is 1.93 bits per heavy atom.